The van der Waals surface area contributed by atoms with Crippen LogP contribution in [0.3, 0.4) is 0 Å². The summed E-state index contributed by atoms with van der Waals surface area (Å²) < 4.78 is 5.88. The van der Waals surface area contributed by atoms with Crippen LogP contribution in [-0.4, -0.2) is 42.0 Å². The summed E-state index contributed by atoms with van der Waals surface area (Å²) in [7, 11) is 1.98. The van der Waals surface area contributed by atoms with Crippen molar-refractivity contribution in [3.05, 3.63) is 41.9 Å². The van der Waals surface area contributed by atoms with Gasteiger partial charge in [-0.3, -0.25) is 4.79 Å². The molecule has 1 aromatic heterocycles. The maximum absolute atomic E-state index is 12.4. The average molecular weight is 400 g/mol. The second-order valence-electron chi connectivity index (χ2n) is 6.33. The molecule has 26 heavy (non-hydrogen) atoms. The third kappa shape index (κ3) is 5.47. The lowest BCUT2D eigenvalue weighted by Gasteiger charge is -2.31. The molecule has 1 aliphatic heterocycles. The van der Waals surface area contributed by atoms with Gasteiger partial charge in [-0.25, -0.2) is 4.98 Å². The molecule has 144 valence electrons. The summed E-state index contributed by atoms with van der Waals surface area (Å²) in [5.74, 6) is 1.64. The zero-order chi connectivity index (χ0) is 16.9. The Morgan fingerprint density at radius 3 is 2.50 bits per heavy atom. The van der Waals surface area contributed by atoms with E-state index < -0.39 is 0 Å². The van der Waals surface area contributed by atoms with E-state index in [1.54, 1.807) is 0 Å². The first-order valence-corrected chi connectivity index (χ1v) is 8.64. The van der Waals surface area contributed by atoms with Crippen molar-refractivity contribution < 1.29 is 9.21 Å². The highest BCUT2D eigenvalue weighted by Crippen LogP contribution is 2.24. The van der Waals surface area contributed by atoms with E-state index in [0.717, 1.165) is 42.9 Å². The van der Waals surface area contributed by atoms with Crippen LogP contribution < -0.4 is 5.32 Å². The van der Waals surface area contributed by atoms with E-state index in [-0.39, 0.29) is 30.7 Å². The molecule has 1 amide bonds. The topological polar surface area (TPSA) is 58.4 Å². The summed E-state index contributed by atoms with van der Waals surface area (Å²) >= 11 is 0. The number of hydrogen-bond donors (Lipinski definition) is 1. The third-order valence-corrected chi connectivity index (χ3v) is 4.69. The van der Waals surface area contributed by atoms with Gasteiger partial charge in [0.05, 0.1) is 5.69 Å². The van der Waals surface area contributed by atoms with Gasteiger partial charge < -0.3 is 14.6 Å². The Morgan fingerprint density at radius 1 is 1.23 bits per heavy atom. The SMILES string of the molecule is CNC1CCN(C(=O)CCc2nc(C)c(-c3ccccc3)o2)CC1.Cl.Cl. The van der Waals surface area contributed by atoms with Crippen LogP contribution in [0.15, 0.2) is 34.7 Å². The number of aromatic nitrogens is 1. The van der Waals surface area contributed by atoms with Crippen molar-refractivity contribution in [3.8, 4) is 11.3 Å². The quantitative estimate of drug-likeness (QED) is 0.833. The summed E-state index contributed by atoms with van der Waals surface area (Å²) in [6, 6.07) is 10.5. The van der Waals surface area contributed by atoms with Crippen molar-refractivity contribution in [3.63, 3.8) is 0 Å². The van der Waals surface area contributed by atoms with Crippen LogP contribution in [0.25, 0.3) is 11.3 Å². The first kappa shape index (κ1) is 22.5. The van der Waals surface area contributed by atoms with E-state index in [1.807, 2.05) is 49.2 Å². The largest absolute Gasteiger partial charge is 0.440 e. The maximum atomic E-state index is 12.4. The van der Waals surface area contributed by atoms with Crippen molar-refractivity contribution in [2.75, 3.05) is 20.1 Å². The van der Waals surface area contributed by atoms with Crippen LogP contribution in [0.5, 0.6) is 0 Å². The van der Waals surface area contributed by atoms with E-state index in [4.69, 9.17) is 4.42 Å². The number of halogens is 2. The molecule has 0 aliphatic carbocycles. The van der Waals surface area contributed by atoms with Crippen LogP contribution in [-0.2, 0) is 11.2 Å². The molecule has 1 saturated heterocycles. The number of carbonyl (C=O) groups is 1. The maximum Gasteiger partial charge on any atom is 0.223 e. The normalized spacial score (nSPS) is 14.5. The molecule has 1 aliphatic rings. The van der Waals surface area contributed by atoms with Gasteiger partial charge >= 0.3 is 0 Å². The zero-order valence-corrected chi connectivity index (χ0v) is 16.9. The van der Waals surface area contributed by atoms with Crippen LogP contribution in [0.4, 0.5) is 0 Å². The van der Waals surface area contributed by atoms with Crippen molar-refractivity contribution in [1.29, 1.82) is 0 Å². The predicted molar refractivity (Wildman–Crippen MR) is 108 cm³/mol. The highest BCUT2D eigenvalue weighted by Gasteiger charge is 2.22. The van der Waals surface area contributed by atoms with Crippen molar-refractivity contribution in [2.24, 2.45) is 0 Å². The van der Waals surface area contributed by atoms with Gasteiger partial charge in [-0.05, 0) is 26.8 Å². The molecule has 5 nitrogen and oxygen atoms in total. The number of likely N-dealkylation sites (tertiary alicyclic amines) is 1. The fourth-order valence-electron chi connectivity index (χ4n) is 3.21. The number of nitrogens with zero attached hydrogens (tertiary/aromatic N) is 2. The van der Waals surface area contributed by atoms with Crippen molar-refractivity contribution >= 4 is 30.7 Å². The van der Waals surface area contributed by atoms with Gasteiger partial charge in [0.1, 0.15) is 0 Å². The molecular formula is C19H27Cl2N3O2. The van der Waals surface area contributed by atoms with E-state index in [1.165, 1.54) is 0 Å². The Morgan fingerprint density at radius 2 is 1.88 bits per heavy atom. The molecule has 1 N–H and O–H groups in total. The first-order chi connectivity index (χ1) is 11.7. The van der Waals surface area contributed by atoms with Gasteiger partial charge in [0.25, 0.3) is 0 Å². The highest BCUT2D eigenvalue weighted by molar-refractivity contribution is 5.85. The van der Waals surface area contributed by atoms with Gasteiger partial charge in [-0.2, -0.15) is 0 Å². The van der Waals surface area contributed by atoms with E-state index in [9.17, 15) is 4.79 Å². The number of oxazole rings is 1. The number of piperidine rings is 1. The molecule has 0 atom stereocenters. The number of hydrogen-bond acceptors (Lipinski definition) is 4. The van der Waals surface area contributed by atoms with Crippen LogP contribution in [0.1, 0.15) is 30.8 Å². The smallest absolute Gasteiger partial charge is 0.223 e. The van der Waals surface area contributed by atoms with Gasteiger partial charge in [0.15, 0.2) is 11.7 Å². The second kappa shape index (κ2) is 10.6. The minimum Gasteiger partial charge on any atom is -0.440 e. The Balaban J connectivity index is 0.00000169. The lowest BCUT2D eigenvalue weighted by Crippen LogP contribution is -2.44. The fourth-order valence-corrected chi connectivity index (χ4v) is 3.21. The monoisotopic (exact) mass is 399 g/mol. The highest BCUT2D eigenvalue weighted by atomic mass is 35.5. The molecule has 0 bridgehead atoms. The first-order valence-electron chi connectivity index (χ1n) is 8.64. The van der Waals surface area contributed by atoms with E-state index in [0.29, 0.717) is 24.8 Å². The summed E-state index contributed by atoms with van der Waals surface area (Å²) in [6.07, 6.45) is 3.06. The molecule has 2 aromatic rings. The molecular weight excluding hydrogens is 373 g/mol. The average Bonchev–Trinajstić information content (AvgIpc) is 3.01. The van der Waals surface area contributed by atoms with Gasteiger partial charge in [-0.15, -0.1) is 24.8 Å². The lowest BCUT2D eigenvalue weighted by atomic mass is 10.0. The molecule has 1 aromatic carbocycles. The molecule has 1 fully saturated rings. The Bertz CT molecular complexity index is 683. The van der Waals surface area contributed by atoms with E-state index >= 15 is 0 Å². The summed E-state index contributed by atoms with van der Waals surface area (Å²) in [4.78, 5) is 18.8. The number of aryl methyl sites for hydroxylation is 2. The summed E-state index contributed by atoms with van der Waals surface area (Å²) in [5, 5.41) is 3.28. The standard InChI is InChI=1S/C19H25N3O2.2ClH/c1-14-19(15-6-4-3-5-7-15)24-17(21-14)8-9-18(23)22-12-10-16(20-2)11-13-22;;/h3-7,16,20H,8-13H2,1-2H3;2*1H. The molecule has 3 rings (SSSR count). The van der Waals surface area contributed by atoms with Crippen LogP contribution in [0, 0.1) is 6.92 Å². The van der Waals surface area contributed by atoms with Gasteiger partial charge in [-0.1, -0.05) is 30.3 Å². The number of nitrogens with one attached hydrogen (secondary N) is 1. The van der Waals surface area contributed by atoms with Gasteiger partial charge in [0.2, 0.25) is 5.91 Å². The Kier molecular flexibility index (Phi) is 9.13. The van der Waals surface area contributed by atoms with E-state index in [2.05, 4.69) is 10.3 Å². The number of carbonyl (C=O) groups excluding carboxylic acids is 1. The fraction of sp³-hybridized carbons (Fsp3) is 0.474. The van der Waals surface area contributed by atoms with Gasteiger partial charge in [0, 0.05) is 37.5 Å². The molecule has 0 spiro atoms. The molecule has 0 unspecified atom stereocenters. The van der Waals surface area contributed by atoms with Crippen molar-refractivity contribution in [2.45, 2.75) is 38.6 Å². The Hall–Kier alpha value is -1.56. The Labute approximate surface area is 167 Å². The zero-order valence-electron chi connectivity index (χ0n) is 15.2. The minimum atomic E-state index is 0. The predicted octanol–water partition coefficient (Wildman–Crippen LogP) is 3.64. The molecule has 2 heterocycles. The van der Waals surface area contributed by atoms with Crippen LogP contribution in [0.2, 0.25) is 0 Å². The van der Waals surface area contributed by atoms with Crippen molar-refractivity contribution in [1.82, 2.24) is 15.2 Å². The summed E-state index contributed by atoms with van der Waals surface area (Å²) in [5.41, 5.74) is 1.90. The molecule has 7 heteroatoms. The number of amides is 1. The number of benzene rings is 1. The third-order valence-electron chi connectivity index (χ3n) is 4.69. The second-order valence-corrected chi connectivity index (χ2v) is 6.33. The molecule has 0 radical (unpaired) electrons. The molecule has 0 saturated carbocycles. The minimum absolute atomic E-state index is 0. The summed E-state index contributed by atoms with van der Waals surface area (Å²) in [6.45, 7) is 3.62. The number of rotatable bonds is 5. The lowest BCUT2D eigenvalue weighted by molar-refractivity contribution is -0.132. The van der Waals surface area contributed by atoms with Crippen LogP contribution >= 0.6 is 24.8 Å².